The molecule has 0 amide bonds. The predicted octanol–water partition coefficient (Wildman–Crippen LogP) is 2.17. The molecule has 110 valence electrons. The first kappa shape index (κ1) is 14.6. The van der Waals surface area contributed by atoms with E-state index < -0.39 is 0 Å². The normalized spacial score (nSPS) is 19.9. The van der Waals surface area contributed by atoms with Crippen LogP contribution < -0.4 is 10.2 Å². The first-order valence-electron chi connectivity index (χ1n) is 7.02. The van der Waals surface area contributed by atoms with E-state index >= 15 is 0 Å². The largest absolute Gasteiger partial charge is 0.382 e. The van der Waals surface area contributed by atoms with Crippen molar-refractivity contribution in [3.8, 4) is 0 Å². The fourth-order valence-electron chi connectivity index (χ4n) is 2.86. The lowest BCUT2D eigenvalue weighted by Gasteiger charge is -2.40. The fourth-order valence-corrected chi connectivity index (χ4v) is 2.86. The Morgan fingerprint density at radius 2 is 2.20 bits per heavy atom. The zero-order chi connectivity index (χ0) is 14.7. The molecule has 1 aliphatic rings. The second-order valence-corrected chi connectivity index (χ2v) is 5.10. The molecule has 1 aromatic carbocycles. The van der Waals surface area contributed by atoms with Crippen LogP contribution in [0, 0.1) is 10.1 Å². The molecule has 20 heavy (non-hydrogen) atoms. The van der Waals surface area contributed by atoms with Crippen molar-refractivity contribution in [2.75, 3.05) is 43.4 Å². The van der Waals surface area contributed by atoms with Gasteiger partial charge in [0.05, 0.1) is 4.92 Å². The molecule has 1 unspecified atom stereocenters. The van der Waals surface area contributed by atoms with Crippen molar-refractivity contribution < 1.29 is 4.92 Å². The van der Waals surface area contributed by atoms with Gasteiger partial charge >= 0.3 is 5.69 Å². The fraction of sp³-hybridized carbons (Fsp3) is 0.571. The molecule has 6 nitrogen and oxygen atoms in total. The third-order valence-electron chi connectivity index (χ3n) is 3.98. The van der Waals surface area contributed by atoms with E-state index in [2.05, 4.69) is 29.0 Å². The average molecular weight is 278 g/mol. The molecule has 0 spiro atoms. The van der Waals surface area contributed by atoms with E-state index in [-0.39, 0.29) is 10.6 Å². The number of hydrogen-bond acceptors (Lipinski definition) is 5. The van der Waals surface area contributed by atoms with Gasteiger partial charge in [-0.1, -0.05) is 13.0 Å². The minimum Gasteiger partial charge on any atom is -0.382 e. The minimum absolute atomic E-state index is 0.173. The van der Waals surface area contributed by atoms with Gasteiger partial charge in [-0.3, -0.25) is 15.0 Å². The number of nitrogens with one attached hydrogen (secondary N) is 1. The molecule has 0 saturated carbocycles. The summed E-state index contributed by atoms with van der Waals surface area (Å²) in [7, 11) is 1.71. The van der Waals surface area contributed by atoms with Gasteiger partial charge in [-0.15, -0.1) is 0 Å². The number of nitro groups is 1. The Kier molecular flexibility index (Phi) is 4.44. The first-order valence-corrected chi connectivity index (χ1v) is 7.02. The molecule has 0 aliphatic carbocycles. The zero-order valence-corrected chi connectivity index (χ0v) is 12.3. The Hall–Kier alpha value is -1.82. The molecule has 6 heteroatoms. The molecule has 1 heterocycles. The van der Waals surface area contributed by atoms with Gasteiger partial charge in [0, 0.05) is 32.7 Å². The summed E-state index contributed by atoms with van der Waals surface area (Å²) in [5.74, 6) is 0. The molecule has 0 radical (unpaired) electrons. The Morgan fingerprint density at radius 3 is 2.75 bits per heavy atom. The summed E-state index contributed by atoms with van der Waals surface area (Å²) >= 11 is 0. The number of anilines is 2. The molecular formula is C14H22N4O2. The van der Waals surface area contributed by atoms with Crippen LogP contribution in [0.25, 0.3) is 0 Å². The molecule has 2 rings (SSSR count). The number of likely N-dealkylation sites (N-methyl/N-ethyl adjacent to an activating group) is 1. The average Bonchev–Trinajstić information content (AvgIpc) is 2.46. The standard InChI is InChI=1S/C14H22N4O2/c1-4-16-8-9-17(10-11(16)2)13-7-5-6-12(15-3)14(13)18(19)20/h5-7,11,15H,4,8-10H2,1-3H3. The number of benzene rings is 1. The lowest BCUT2D eigenvalue weighted by molar-refractivity contribution is -0.383. The van der Waals surface area contributed by atoms with Crippen molar-refractivity contribution in [3.05, 3.63) is 28.3 Å². The summed E-state index contributed by atoms with van der Waals surface area (Å²) in [6.07, 6.45) is 0. The Labute approximate surface area is 119 Å². The van der Waals surface area contributed by atoms with E-state index in [1.807, 2.05) is 12.1 Å². The summed E-state index contributed by atoms with van der Waals surface area (Å²) in [6, 6.07) is 5.86. The van der Waals surface area contributed by atoms with Crippen LogP contribution >= 0.6 is 0 Å². The van der Waals surface area contributed by atoms with Crippen LogP contribution in [0.4, 0.5) is 17.1 Å². The van der Waals surface area contributed by atoms with Crippen LogP contribution in [0.15, 0.2) is 18.2 Å². The van der Waals surface area contributed by atoms with E-state index in [4.69, 9.17) is 0 Å². The third kappa shape index (κ3) is 2.70. The van der Waals surface area contributed by atoms with Crippen molar-refractivity contribution >= 4 is 17.1 Å². The van der Waals surface area contributed by atoms with Crippen LogP contribution in [0.2, 0.25) is 0 Å². The van der Waals surface area contributed by atoms with Gasteiger partial charge in [0.25, 0.3) is 0 Å². The van der Waals surface area contributed by atoms with Crippen LogP contribution in [-0.2, 0) is 0 Å². The highest BCUT2D eigenvalue weighted by Gasteiger charge is 2.28. The lowest BCUT2D eigenvalue weighted by atomic mass is 10.1. The van der Waals surface area contributed by atoms with Gasteiger partial charge in [0.1, 0.15) is 11.4 Å². The minimum atomic E-state index is -0.294. The summed E-state index contributed by atoms with van der Waals surface area (Å²) in [6.45, 7) is 7.93. The van der Waals surface area contributed by atoms with Crippen LogP contribution in [0.5, 0.6) is 0 Å². The monoisotopic (exact) mass is 278 g/mol. The van der Waals surface area contributed by atoms with Crippen molar-refractivity contribution in [2.24, 2.45) is 0 Å². The second-order valence-electron chi connectivity index (χ2n) is 5.10. The van der Waals surface area contributed by atoms with E-state index in [0.717, 1.165) is 26.2 Å². The van der Waals surface area contributed by atoms with Gasteiger partial charge in [-0.05, 0) is 25.6 Å². The molecule has 1 aromatic rings. The number of piperazine rings is 1. The maximum Gasteiger partial charge on any atom is 0.315 e. The Balaban J connectivity index is 2.31. The molecule has 1 fully saturated rings. The summed E-state index contributed by atoms with van der Waals surface area (Å²) in [5.41, 5.74) is 1.45. The SMILES string of the molecule is CCN1CCN(c2cccc(NC)c2[N+](=O)[O-])CC1C. The van der Waals surface area contributed by atoms with E-state index in [9.17, 15) is 10.1 Å². The maximum atomic E-state index is 11.4. The number of nitrogens with zero attached hydrogens (tertiary/aromatic N) is 3. The van der Waals surface area contributed by atoms with Crippen LogP contribution in [0.1, 0.15) is 13.8 Å². The lowest BCUT2D eigenvalue weighted by Crippen LogP contribution is -2.51. The van der Waals surface area contributed by atoms with Gasteiger partial charge in [-0.2, -0.15) is 0 Å². The predicted molar refractivity (Wildman–Crippen MR) is 81.6 cm³/mol. The highest BCUT2D eigenvalue weighted by molar-refractivity contribution is 5.77. The molecule has 1 N–H and O–H groups in total. The zero-order valence-electron chi connectivity index (χ0n) is 12.3. The number of para-hydroxylation sites is 1. The molecule has 1 saturated heterocycles. The van der Waals surface area contributed by atoms with Crippen molar-refractivity contribution in [3.63, 3.8) is 0 Å². The molecular weight excluding hydrogens is 256 g/mol. The molecule has 1 aliphatic heterocycles. The van der Waals surface area contributed by atoms with E-state index in [1.165, 1.54) is 0 Å². The summed E-state index contributed by atoms with van der Waals surface area (Å²) in [4.78, 5) is 15.6. The smallest absolute Gasteiger partial charge is 0.315 e. The quantitative estimate of drug-likeness (QED) is 0.675. The van der Waals surface area contributed by atoms with E-state index in [1.54, 1.807) is 13.1 Å². The second kappa shape index (κ2) is 6.09. The number of rotatable bonds is 4. The van der Waals surface area contributed by atoms with Gasteiger partial charge in [0.2, 0.25) is 0 Å². The van der Waals surface area contributed by atoms with Crippen molar-refractivity contribution in [1.82, 2.24) is 4.90 Å². The molecule has 0 aromatic heterocycles. The summed E-state index contributed by atoms with van der Waals surface area (Å²) < 4.78 is 0. The maximum absolute atomic E-state index is 11.4. The topological polar surface area (TPSA) is 61.6 Å². The highest BCUT2D eigenvalue weighted by atomic mass is 16.6. The first-order chi connectivity index (χ1) is 9.58. The number of nitro benzene ring substituents is 1. The third-order valence-corrected chi connectivity index (χ3v) is 3.98. The molecule has 1 atom stereocenters. The van der Waals surface area contributed by atoms with Gasteiger partial charge in [0.15, 0.2) is 0 Å². The van der Waals surface area contributed by atoms with Crippen LogP contribution in [0.3, 0.4) is 0 Å². The van der Waals surface area contributed by atoms with Gasteiger partial charge in [-0.25, -0.2) is 0 Å². The van der Waals surface area contributed by atoms with Crippen LogP contribution in [-0.4, -0.2) is 49.1 Å². The van der Waals surface area contributed by atoms with E-state index in [0.29, 0.717) is 17.4 Å². The van der Waals surface area contributed by atoms with Gasteiger partial charge < -0.3 is 10.2 Å². The Bertz CT molecular complexity index is 492. The summed E-state index contributed by atoms with van der Waals surface area (Å²) in [5, 5.41) is 14.3. The van der Waals surface area contributed by atoms with Crippen molar-refractivity contribution in [2.45, 2.75) is 19.9 Å². The highest BCUT2D eigenvalue weighted by Crippen LogP contribution is 2.36. The molecule has 0 bridgehead atoms. The Morgan fingerprint density at radius 1 is 1.45 bits per heavy atom. The van der Waals surface area contributed by atoms with Crippen molar-refractivity contribution in [1.29, 1.82) is 0 Å². The number of hydrogen-bond donors (Lipinski definition) is 1.